The molecule has 1 saturated heterocycles. The van der Waals surface area contributed by atoms with Crippen molar-refractivity contribution in [1.82, 2.24) is 9.55 Å². The molecule has 2 aliphatic heterocycles. The van der Waals surface area contributed by atoms with E-state index >= 15 is 0 Å². The van der Waals surface area contributed by atoms with E-state index in [2.05, 4.69) is 27.5 Å². The molecule has 0 saturated carbocycles. The summed E-state index contributed by atoms with van der Waals surface area (Å²) < 4.78 is 2.14. The molecular formula is C12H18N2OS. The van der Waals surface area contributed by atoms with Gasteiger partial charge in [0.25, 0.3) is 0 Å². The first-order chi connectivity index (χ1) is 7.83. The predicted octanol–water partition coefficient (Wildman–Crippen LogP) is 2.01. The minimum absolute atomic E-state index is 0.333. The summed E-state index contributed by atoms with van der Waals surface area (Å²) in [5, 5.41) is 9.85. The summed E-state index contributed by atoms with van der Waals surface area (Å²) >= 11 is 2.05. The van der Waals surface area contributed by atoms with Gasteiger partial charge in [0.1, 0.15) is 11.9 Å². The van der Waals surface area contributed by atoms with Gasteiger partial charge >= 0.3 is 0 Å². The third-order valence-corrected chi connectivity index (χ3v) is 4.79. The number of aryl methyl sites for hydroxylation is 1. The van der Waals surface area contributed by atoms with E-state index < -0.39 is 0 Å². The number of fused-ring (bicyclic) bond motifs is 1. The van der Waals surface area contributed by atoms with Crippen LogP contribution in [0.25, 0.3) is 0 Å². The molecule has 4 heteroatoms. The topological polar surface area (TPSA) is 38.0 Å². The maximum atomic E-state index is 9.85. The number of hydrogen-bond acceptors (Lipinski definition) is 3. The lowest BCUT2D eigenvalue weighted by molar-refractivity contribution is 0.133. The molecule has 2 unspecified atom stereocenters. The van der Waals surface area contributed by atoms with Gasteiger partial charge in [-0.2, -0.15) is 11.8 Å². The van der Waals surface area contributed by atoms with Gasteiger partial charge in [-0.3, -0.25) is 0 Å². The van der Waals surface area contributed by atoms with E-state index in [1.807, 2.05) is 0 Å². The third kappa shape index (κ3) is 2.00. The van der Waals surface area contributed by atoms with Gasteiger partial charge in [0, 0.05) is 12.7 Å². The van der Waals surface area contributed by atoms with Crippen LogP contribution in [0, 0.1) is 5.92 Å². The van der Waals surface area contributed by atoms with Gasteiger partial charge < -0.3 is 9.67 Å². The molecule has 0 radical (unpaired) electrons. The lowest BCUT2D eigenvalue weighted by Crippen LogP contribution is -2.14. The molecule has 3 rings (SSSR count). The van der Waals surface area contributed by atoms with Crippen molar-refractivity contribution >= 4 is 11.8 Å². The molecule has 1 N–H and O–H groups in total. The summed E-state index contributed by atoms with van der Waals surface area (Å²) in [4.78, 5) is 4.60. The zero-order valence-electron chi connectivity index (χ0n) is 9.43. The van der Waals surface area contributed by atoms with Crippen molar-refractivity contribution in [2.24, 2.45) is 5.92 Å². The third-order valence-electron chi connectivity index (χ3n) is 3.55. The van der Waals surface area contributed by atoms with Gasteiger partial charge in [-0.1, -0.05) is 0 Å². The average molecular weight is 238 g/mol. The first kappa shape index (κ1) is 10.7. The monoisotopic (exact) mass is 238 g/mol. The van der Waals surface area contributed by atoms with Crippen molar-refractivity contribution in [3.63, 3.8) is 0 Å². The Morgan fingerprint density at radius 3 is 3.19 bits per heavy atom. The number of rotatable bonds is 2. The Labute approximate surface area is 100 Å². The molecule has 0 aliphatic carbocycles. The van der Waals surface area contributed by atoms with Gasteiger partial charge in [0.05, 0.1) is 5.69 Å². The Balaban J connectivity index is 1.75. The fraction of sp³-hybridized carbons (Fsp3) is 0.750. The second kappa shape index (κ2) is 4.41. The molecule has 1 fully saturated rings. The Bertz CT molecular complexity index is 371. The largest absolute Gasteiger partial charge is 0.385 e. The van der Waals surface area contributed by atoms with Crippen LogP contribution in [0.1, 0.15) is 36.9 Å². The van der Waals surface area contributed by atoms with Gasteiger partial charge in [-0.25, -0.2) is 4.98 Å². The van der Waals surface area contributed by atoms with E-state index in [0.717, 1.165) is 37.5 Å². The van der Waals surface area contributed by atoms with Crippen molar-refractivity contribution < 1.29 is 5.11 Å². The standard InChI is InChI=1S/C12H18N2OS/c15-11-2-1-4-14-7-10(13-12(11)14)6-9-3-5-16-8-9/h7,9,11,15H,1-6,8H2. The Hall–Kier alpha value is -0.480. The van der Waals surface area contributed by atoms with Gasteiger partial charge in [-0.05, 0) is 43.1 Å². The van der Waals surface area contributed by atoms with Crippen LogP contribution in [0.5, 0.6) is 0 Å². The number of aromatic nitrogens is 2. The van der Waals surface area contributed by atoms with Crippen molar-refractivity contribution in [2.75, 3.05) is 11.5 Å². The maximum absolute atomic E-state index is 9.85. The molecule has 3 nitrogen and oxygen atoms in total. The maximum Gasteiger partial charge on any atom is 0.137 e. The predicted molar refractivity (Wildman–Crippen MR) is 65.6 cm³/mol. The number of hydrogen-bond donors (Lipinski definition) is 1. The Morgan fingerprint density at radius 2 is 2.44 bits per heavy atom. The quantitative estimate of drug-likeness (QED) is 0.856. The highest BCUT2D eigenvalue weighted by Crippen LogP contribution is 2.28. The van der Waals surface area contributed by atoms with Crippen LogP contribution in [-0.4, -0.2) is 26.2 Å². The number of aliphatic hydroxyl groups is 1. The second-order valence-electron chi connectivity index (χ2n) is 4.88. The first-order valence-corrected chi connectivity index (χ1v) is 7.30. The molecule has 3 heterocycles. The molecule has 1 aromatic heterocycles. The first-order valence-electron chi connectivity index (χ1n) is 6.14. The van der Waals surface area contributed by atoms with Crippen molar-refractivity contribution in [3.8, 4) is 0 Å². The van der Waals surface area contributed by atoms with E-state index in [4.69, 9.17) is 0 Å². The smallest absolute Gasteiger partial charge is 0.137 e. The Kier molecular flexibility index (Phi) is 2.94. The SMILES string of the molecule is OC1CCCn2cc(CC3CCSC3)nc21. The summed E-state index contributed by atoms with van der Waals surface area (Å²) in [6, 6.07) is 0. The van der Waals surface area contributed by atoms with Crippen molar-refractivity contribution in [1.29, 1.82) is 0 Å². The Morgan fingerprint density at radius 1 is 1.50 bits per heavy atom. The average Bonchev–Trinajstić information content (AvgIpc) is 2.88. The highest BCUT2D eigenvalue weighted by molar-refractivity contribution is 7.99. The molecule has 2 atom stereocenters. The zero-order valence-corrected chi connectivity index (χ0v) is 10.2. The van der Waals surface area contributed by atoms with Gasteiger partial charge in [-0.15, -0.1) is 0 Å². The summed E-state index contributed by atoms with van der Waals surface area (Å²) in [6.07, 6.45) is 6.19. The summed E-state index contributed by atoms with van der Waals surface area (Å²) in [5.41, 5.74) is 1.18. The zero-order chi connectivity index (χ0) is 11.0. The molecule has 16 heavy (non-hydrogen) atoms. The highest BCUT2D eigenvalue weighted by Gasteiger charge is 2.23. The molecule has 0 spiro atoms. The molecule has 0 aromatic carbocycles. The number of thioether (sulfide) groups is 1. The van der Waals surface area contributed by atoms with E-state index in [0.29, 0.717) is 0 Å². The van der Waals surface area contributed by atoms with Crippen LogP contribution in [0.15, 0.2) is 6.20 Å². The van der Waals surface area contributed by atoms with Crippen LogP contribution < -0.4 is 0 Å². The van der Waals surface area contributed by atoms with Crippen LogP contribution in [0.3, 0.4) is 0 Å². The number of imidazole rings is 1. The van der Waals surface area contributed by atoms with Crippen molar-refractivity contribution in [2.45, 2.75) is 38.3 Å². The molecule has 88 valence electrons. The van der Waals surface area contributed by atoms with Gasteiger partial charge in [0.2, 0.25) is 0 Å². The molecule has 2 aliphatic rings. The minimum Gasteiger partial charge on any atom is -0.385 e. The molecular weight excluding hydrogens is 220 g/mol. The van der Waals surface area contributed by atoms with Crippen LogP contribution in [0.4, 0.5) is 0 Å². The molecule has 0 bridgehead atoms. The minimum atomic E-state index is -0.333. The summed E-state index contributed by atoms with van der Waals surface area (Å²) in [5.74, 6) is 4.29. The van der Waals surface area contributed by atoms with E-state index in [-0.39, 0.29) is 6.10 Å². The second-order valence-corrected chi connectivity index (χ2v) is 6.03. The van der Waals surface area contributed by atoms with Crippen LogP contribution in [-0.2, 0) is 13.0 Å². The lowest BCUT2D eigenvalue weighted by Gasteiger charge is -2.18. The fourth-order valence-electron chi connectivity index (χ4n) is 2.65. The normalized spacial score (nSPS) is 29.3. The molecule has 0 amide bonds. The van der Waals surface area contributed by atoms with E-state index in [9.17, 15) is 5.11 Å². The number of aliphatic hydroxyl groups excluding tert-OH is 1. The van der Waals surface area contributed by atoms with Crippen molar-refractivity contribution in [3.05, 3.63) is 17.7 Å². The van der Waals surface area contributed by atoms with E-state index in [1.165, 1.54) is 23.6 Å². The number of nitrogens with zero attached hydrogens (tertiary/aromatic N) is 2. The van der Waals surface area contributed by atoms with Crippen LogP contribution >= 0.6 is 11.8 Å². The van der Waals surface area contributed by atoms with Crippen LogP contribution in [0.2, 0.25) is 0 Å². The van der Waals surface area contributed by atoms with Gasteiger partial charge in [0.15, 0.2) is 0 Å². The summed E-state index contributed by atoms with van der Waals surface area (Å²) in [7, 11) is 0. The lowest BCUT2D eigenvalue weighted by atomic mass is 10.0. The highest BCUT2D eigenvalue weighted by atomic mass is 32.2. The van der Waals surface area contributed by atoms with E-state index in [1.54, 1.807) is 0 Å². The fourth-order valence-corrected chi connectivity index (χ4v) is 3.94. The molecule has 1 aromatic rings. The summed E-state index contributed by atoms with van der Waals surface area (Å²) in [6.45, 7) is 1.03.